The normalized spacial score (nSPS) is 18.8. The van der Waals surface area contributed by atoms with Gasteiger partial charge in [-0.1, -0.05) is 24.3 Å². The Morgan fingerprint density at radius 1 is 1.03 bits per heavy atom. The highest BCUT2D eigenvalue weighted by molar-refractivity contribution is 5.75. The molecule has 0 aromatic heterocycles. The lowest BCUT2D eigenvalue weighted by Gasteiger charge is -2.33. The number of urea groups is 1. The summed E-state index contributed by atoms with van der Waals surface area (Å²) in [7, 11) is 0. The molecule has 2 aromatic carbocycles. The Bertz CT molecular complexity index is 924. The number of carbonyl (C=O) groups is 1. The fourth-order valence-corrected chi connectivity index (χ4v) is 3.75. The van der Waals surface area contributed by atoms with Gasteiger partial charge in [0.05, 0.1) is 19.8 Å². The second kappa shape index (κ2) is 8.83. The first-order valence-electron chi connectivity index (χ1n) is 10.0. The van der Waals surface area contributed by atoms with E-state index in [9.17, 15) is 22.4 Å². The molecule has 2 amide bonds. The minimum absolute atomic E-state index is 0.00762. The van der Waals surface area contributed by atoms with Crippen LogP contribution in [0.5, 0.6) is 11.5 Å². The van der Waals surface area contributed by atoms with Gasteiger partial charge in [-0.15, -0.1) is 0 Å². The second-order valence-corrected chi connectivity index (χ2v) is 7.47. The molecule has 2 heterocycles. The maximum absolute atomic E-state index is 13.8. The molecule has 0 saturated carbocycles. The highest BCUT2D eigenvalue weighted by Gasteiger charge is 2.65. The molecule has 2 aliphatic rings. The van der Waals surface area contributed by atoms with Crippen molar-refractivity contribution >= 4 is 6.03 Å². The highest BCUT2D eigenvalue weighted by atomic mass is 19.4. The van der Waals surface area contributed by atoms with Crippen LogP contribution in [0.15, 0.2) is 48.5 Å². The fourth-order valence-electron chi connectivity index (χ4n) is 3.75. The van der Waals surface area contributed by atoms with Gasteiger partial charge in [0.15, 0.2) is 11.5 Å². The molecule has 1 fully saturated rings. The van der Waals surface area contributed by atoms with E-state index in [1.165, 1.54) is 36.4 Å². The Morgan fingerprint density at radius 2 is 1.62 bits per heavy atom. The van der Waals surface area contributed by atoms with Crippen LogP contribution in [0.1, 0.15) is 11.6 Å². The quantitative estimate of drug-likeness (QED) is 0.600. The van der Waals surface area contributed by atoms with Crippen LogP contribution in [-0.2, 0) is 4.74 Å². The number of amides is 2. The van der Waals surface area contributed by atoms with E-state index in [1.807, 2.05) is 0 Å². The topological polar surface area (TPSA) is 73.3 Å². The number of quaternary nitrogens is 1. The van der Waals surface area contributed by atoms with Crippen LogP contribution < -0.4 is 25.0 Å². The number of alkyl halides is 3. The second-order valence-electron chi connectivity index (χ2n) is 7.47. The number of carbonyl (C=O) groups excluding carboxylic acids is 1. The van der Waals surface area contributed by atoms with Gasteiger partial charge in [-0.05, 0) is 24.3 Å². The highest BCUT2D eigenvalue weighted by Crippen LogP contribution is 2.44. The molecule has 0 radical (unpaired) electrons. The zero-order chi connectivity index (χ0) is 22.8. The lowest BCUT2D eigenvalue weighted by atomic mass is 10.0. The molecule has 1 saturated heterocycles. The van der Waals surface area contributed by atoms with Crippen LogP contribution in [0, 0.1) is 5.82 Å². The van der Waals surface area contributed by atoms with Crippen molar-refractivity contribution in [2.45, 2.75) is 18.1 Å². The van der Waals surface area contributed by atoms with E-state index in [0.29, 0.717) is 26.3 Å². The van der Waals surface area contributed by atoms with Gasteiger partial charge in [0.2, 0.25) is 0 Å². The predicted molar refractivity (Wildman–Crippen MR) is 104 cm³/mol. The average molecular weight is 456 g/mol. The van der Waals surface area contributed by atoms with Crippen LogP contribution in [0.2, 0.25) is 0 Å². The number of morpholine rings is 1. The van der Waals surface area contributed by atoms with Gasteiger partial charge in [-0.25, -0.2) is 9.18 Å². The van der Waals surface area contributed by atoms with E-state index in [0.717, 1.165) is 10.5 Å². The number of ether oxygens (including phenoxy) is 3. The first-order chi connectivity index (χ1) is 15.3. The molecular weight excluding hydrogens is 434 g/mol. The maximum atomic E-state index is 13.8. The van der Waals surface area contributed by atoms with Crippen molar-refractivity contribution in [2.75, 3.05) is 32.8 Å². The lowest BCUT2D eigenvalue weighted by Crippen LogP contribution is -3.15. The van der Waals surface area contributed by atoms with Gasteiger partial charge in [0.25, 0.3) is 0 Å². The number of fused-ring (bicyclic) bond motifs is 1. The summed E-state index contributed by atoms with van der Waals surface area (Å²) in [5.41, 5.74) is 0.745. The zero-order valence-corrected chi connectivity index (χ0v) is 16.9. The van der Waals surface area contributed by atoms with Crippen LogP contribution >= 0.6 is 0 Å². The summed E-state index contributed by atoms with van der Waals surface area (Å²) in [6.45, 7) is 2.30. The minimum atomic E-state index is -5.05. The third kappa shape index (κ3) is 4.58. The zero-order valence-electron chi connectivity index (χ0n) is 16.9. The van der Waals surface area contributed by atoms with E-state index in [-0.39, 0.29) is 24.1 Å². The van der Waals surface area contributed by atoms with E-state index in [2.05, 4.69) is 5.32 Å². The molecule has 32 heavy (non-hydrogen) atoms. The third-order valence-electron chi connectivity index (χ3n) is 5.37. The van der Waals surface area contributed by atoms with Crippen LogP contribution in [-0.4, -0.2) is 51.0 Å². The van der Waals surface area contributed by atoms with Gasteiger partial charge >= 0.3 is 18.1 Å². The molecular formula is C21H22F4N3O4+. The molecule has 0 bridgehead atoms. The van der Waals surface area contributed by atoms with Gasteiger partial charge in [-0.3, -0.25) is 5.32 Å². The molecule has 0 spiro atoms. The summed E-state index contributed by atoms with van der Waals surface area (Å²) in [6.07, 6.45) is -5.05. The van der Waals surface area contributed by atoms with Crippen molar-refractivity contribution in [3.63, 3.8) is 0 Å². The summed E-state index contributed by atoms with van der Waals surface area (Å²) in [5, 5.41) is 4.26. The smallest absolute Gasteiger partial charge is 0.424 e. The van der Waals surface area contributed by atoms with Crippen molar-refractivity contribution in [2.24, 2.45) is 0 Å². The van der Waals surface area contributed by atoms with Gasteiger partial charge in [0.1, 0.15) is 24.9 Å². The Kier molecular flexibility index (Phi) is 6.11. The van der Waals surface area contributed by atoms with E-state index >= 15 is 0 Å². The Morgan fingerprint density at radius 3 is 2.19 bits per heavy atom. The number of benzene rings is 2. The number of para-hydroxylation sites is 2. The number of nitrogens with one attached hydrogen (secondary N) is 3. The Hall–Kier alpha value is -3.05. The standard InChI is InChI=1S/C21H21F4N3O4/c22-15-7-5-14(6-8-15)16(28-9-11-30-12-10-28)13-26-19(29)27-21(20(23,24)25)31-17-3-1-2-4-18(17)32-21/h1-8,16H,9-13H2,(H2,26,27,29)/p+1/t16-/m0/s1. The minimum Gasteiger partial charge on any atom is -0.424 e. The van der Waals surface area contributed by atoms with Crippen molar-refractivity contribution in [1.29, 1.82) is 0 Å². The number of hydrogen-bond donors (Lipinski definition) is 3. The van der Waals surface area contributed by atoms with Crippen molar-refractivity contribution in [3.8, 4) is 11.5 Å². The van der Waals surface area contributed by atoms with Crippen molar-refractivity contribution < 1.29 is 41.5 Å². The van der Waals surface area contributed by atoms with E-state index in [4.69, 9.17) is 14.2 Å². The fraction of sp³-hybridized carbons (Fsp3) is 0.381. The number of rotatable bonds is 5. The van der Waals surface area contributed by atoms with Crippen LogP contribution in [0.4, 0.5) is 22.4 Å². The van der Waals surface area contributed by atoms with E-state index < -0.39 is 23.9 Å². The number of hydrogen-bond acceptors (Lipinski definition) is 4. The monoisotopic (exact) mass is 456 g/mol. The molecule has 1 atom stereocenters. The molecule has 7 nitrogen and oxygen atoms in total. The van der Waals surface area contributed by atoms with Gasteiger partial charge < -0.3 is 24.4 Å². The molecule has 0 aliphatic carbocycles. The molecule has 2 aromatic rings. The molecule has 0 unspecified atom stereocenters. The van der Waals surface area contributed by atoms with Crippen LogP contribution in [0.3, 0.4) is 0 Å². The molecule has 172 valence electrons. The van der Waals surface area contributed by atoms with Crippen molar-refractivity contribution in [3.05, 3.63) is 59.9 Å². The first-order valence-corrected chi connectivity index (χ1v) is 10.0. The third-order valence-corrected chi connectivity index (χ3v) is 5.37. The summed E-state index contributed by atoms with van der Waals surface area (Å²) in [6, 6.07) is 9.99. The summed E-state index contributed by atoms with van der Waals surface area (Å²) in [5.74, 6) is -4.01. The Labute approximate surface area is 181 Å². The molecule has 3 N–H and O–H groups in total. The summed E-state index contributed by atoms with van der Waals surface area (Å²) in [4.78, 5) is 13.6. The summed E-state index contributed by atoms with van der Waals surface area (Å²) < 4.78 is 70.0. The van der Waals surface area contributed by atoms with Gasteiger partial charge in [-0.2, -0.15) is 13.2 Å². The Balaban J connectivity index is 1.47. The largest absolute Gasteiger partial charge is 0.492 e. The van der Waals surface area contributed by atoms with Gasteiger partial charge in [0, 0.05) is 5.56 Å². The SMILES string of the molecule is O=C(NC[C@@H](c1ccc(F)cc1)[NH+]1CCOCC1)NC1(C(F)(F)F)Oc2ccccc2O1. The maximum Gasteiger partial charge on any atom is 0.492 e. The molecule has 2 aliphatic heterocycles. The number of halogens is 4. The average Bonchev–Trinajstić information content (AvgIpc) is 3.15. The molecule has 4 rings (SSSR count). The lowest BCUT2D eigenvalue weighted by molar-refractivity contribution is -0.937. The van der Waals surface area contributed by atoms with E-state index in [1.54, 1.807) is 17.4 Å². The van der Waals surface area contributed by atoms with Crippen LogP contribution in [0.25, 0.3) is 0 Å². The molecule has 11 heteroatoms. The predicted octanol–water partition coefficient (Wildman–Crippen LogP) is 1.77. The summed E-state index contributed by atoms with van der Waals surface area (Å²) >= 11 is 0. The van der Waals surface area contributed by atoms with Crippen molar-refractivity contribution in [1.82, 2.24) is 10.6 Å². The first kappa shape index (κ1) is 22.2.